The van der Waals surface area contributed by atoms with E-state index >= 15 is 0 Å². The topological polar surface area (TPSA) is 196 Å². The molecule has 11 nitrogen and oxygen atoms in total. The molecule has 7 N–H and O–H groups in total. The molecule has 11 heteroatoms. The summed E-state index contributed by atoms with van der Waals surface area (Å²) < 4.78 is 5.13. The summed E-state index contributed by atoms with van der Waals surface area (Å²) in [6.45, 7) is 7.66. The molecule has 45 heavy (non-hydrogen) atoms. The number of aromatic hydroxyl groups is 1. The van der Waals surface area contributed by atoms with Crippen molar-refractivity contribution in [2.24, 2.45) is 29.4 Å². The first-order valence-electron chi connectivity index (χ1n) is 14.6. The maximum atomic E-state index is 14.1. The first-order valence-corrected chi connectivity index (χ1v) is 14.6. The van der Waals surface area contributed by atoms with Gasteiger partial charge in [0.15, 0.2) is 17.3 Å². The molecule has 0 saturated heterocycles. The minimum Gasteiger partial charge on any atom is -0.511 e. The van der Waals surface area contributed by atoms with Gasteiger partial charge in [0, 0.05) is 23.2 Å². The van der Waals surface area contributed by atoms with Crippen molar-refractivity contribution in [1.82, 2.24) is 5.16 Å². The number of fused-ring (bicyclic) bond motifs is 3. The highest BCUT2D eigenvalue weighted by atomic mass is 16.5. The maximum Gasteiger partial charge on any atom is 0.255 e. The van der Waals surface area contributed by atoms with Crippen LogP contribution in [0.5, 0.6) is 5.75 Å². The molecule has 0 spiro atoms. The van der Waals surface area contributed by atoms with E-state index in [4.69, 9.17) is 10.3 Å². The van der Waals surface area contributed by atoms with Crippen LogP contribution in [0.4, 0.5) is 5.69 Å². The average Bonchev–Trinajstić information content (AvgIpc) is 3.51. The highest BCUT2D eigenvalue weighted by molar-refractivity contribution is 6.29. The van der Waals surface area contributed by atoms with E-state index in [-0.39, 0.29) is 42.1 Å². The number of phenols is 1. The quantitative estimate of drug-likeness (QED) is 0.164. The number of Topliss-reactive ketones (excluding diaryl/α,β-unsaturated/α-hetero) is 2. The second kappa shape index (κ2) is 10.8. The molecular weight excluding hydrogens is 578 g/mol. The minimum absolute atomic E-state index is 0.0638. The van der Waals surface area contributed by atoms with Crippen LogP contribution in [-0.4, -0.2) is 48.7 Å². The van der Waals surface area contributed by atoms with Crippen LogP contribution in [0.25, 0.3) is 22.6 Å². The lowest BCUT2D eigenvalue weighted by Gasteiger charge is -2.50. The summed E-state index contributed by atoms with van der Waals surface area (Å²) in [6, 6.07) is 12.2. The Kier molecular flexibility index (Phi) is 7.16. The Hall–Kier alpha value is -5.16. The van der Waals surface area contributed by atoms with Crippen molar-refractivity contribution in [2.45, 2.75) is 38.7 Å². The number of carbonyl (C=O) groups excluding carboxylic acids is 3. The molecule has 0 radical (unpaired) electrons. The molecule has 1 heterocycles. The number of carbonyl (C=O) groups is 3. The van der Waals surface area contributed by atoms with Crippen molar-refractivity contribution in [3.8, 4) is 16.9 Å². The van der Waals surface area contributed by atoms with Gasteiger partial charge in [-0.05, 0) is 66.0 Å². The van der Waals surface area contributed by atoms with Crippen LogP contribution in [0.3, 0.4) is 0 Å². The number of nitrogens with one attached hydrogen (secondary N) is 1. The Morgan fingerprint density at radius 1 is 1.11 bits per heavy atom. The number of allylic oxidation sites excluding steroid dienone is 1. The van der Waals surface area contributed by atoms with Gasteiger partial charge < -0.3 is 36.0 Å². The number of phenolic OH excluding ortho intramolecular Hbond substituents is 1. The second-order valence-corrected chi connectivity index (χ2v) is 12.4. The summed E-state index contributed by atoms with van der Waals surface area (Å²) in [6.07, 6.45) is 1.70. The summed E-state index contributed by atoms with van der Waals surface area (Å²) in [5.41, 5.74) is 5.93. The summed E-state index contributed by atoms with van der Waals surface area (Å²) in [5, 5.41) is 52.4. The predicted octanol–water partition coefficient (Wildman–Crippen LogP) is 4.43. The van der Waals surface area contributed by atoms with Crippen LogP contribution in [0.2, 0.25) is 0 Å². The molecule has 1 aromatic heterocycles. The number of hydrogen-bond acceptors (Lipinski definition) is 10. The van der Waals surface area contributed by atoms with E-state index in [0.29, 0.717) is 22.6 Å². The van der Waals surface area contributed by atoms with Gasteiger partial charge in [0.2, 0.25) is 0 Å². The number of benzene rings is 2. The summed E-state index contributed by atoms with van der Waals surface area (Å²) in [5.74, 6) is -7.66. The van der Waals surface area contributed by atoms with Gasteiger partial charge >= 0.3 is 0 Å². The highest BCUT2D eigenvalue weighted by Gasteiger charge is 2.63. The fraction of sp³-hybridized carbons (Fsp3) is 0.294. The lowest BCUT2D eigenvalue weighted by molar-refractivity contribution is -0.157. The van der Waals surface area contributed by atoms with Gasteiger partial charge in [0.05, 0.1) is 23.1 Å². The number of ketones is 2. The molecule has 0 bridgehead atoms. The molecular formula is C34H33N3O8. The van der Waals surface area contributed by atoms with E-state index in [1.807, 2.05) is 38.1 Å². The van der Waals surface area contributed by atoms with Gasteiger partial charge in [0.25, 0.3) is 5.91 Å². The normalized spacial score (nSPS) is 24.3. The van der Waals surface area contributed by atoms with Crippen LogP contribution in [0, 0.1) is 23.7 Å². The van der Waals surface area contributed by atoms with Crippen LogP contribution in [-0.2, 0) is 20.8 Å². The van der Waals surface area contributed by atoms with Gasteiger partial charge in [-0.1, -0.05) is 43.8 Å². The fourth-order valence-corrected chi connectivity index (χ4v) is 7.19. The number of nitrogens with two attached hydrogens (primary N) is 1. The number of aromatic nitrogens is 1. The summed E-state index contributed by atoms with van der Waals surface area (Å²) >= 11 is 0. The molecule has 3 aromatic rings. The number of aliphatic hydroxyl groups is 3. The van der Waals surface area contributed by atoms with Crippen molar-refractivity contribution < 1.29 is 39.3 Å². The number of aliphatic hydroxyl groups excluding tert-OH is 2. The smallest absolute Gasteiger partial charge is 0.255 e. The Balaban J connectivity index is 1.41. The third kappa shape index (κ3) is 4.71. The second-order valence-electron chi connectivity index (χ2n) is 12.4. The Morgan fingerprint density at radius 2 is 1.82 bits per heavy atom. The van der Waals surface area contributed by atoms with Crippen molar-refractivity contribution in [1.29, 1.82) is 0 Å². The van der Waals surface area contributed by atoms with Gasteiger partial charge in [-0.2, -0.15) is 0 Å². The Morgan fingerprint density at radius 3 is 2.44 bits per heavy atom. The largest absolute Gasteiger partial charge is 0.511 e. The third-order valence-corrected chi connectivity index (χ3v) is 9.12. The number of primary amides is 1. The van der Waals surface area contributed by atoms with Gasteiger partial charge in [-0.3, -0.25) is 14.4 Å². The zero-order chi connectivity index (χ0) is 32.4. The zero-order valence-corrected chi connectivity index (χ0v) is 24.7. The standard InChI is InChI=1S/C34H33N3O8/c1-15(2)12-22-29(39)27(33(35)43)32(42)28-31(41)25-18(14-34(22,28)44)13-21-20(8-9-23(38)26(21)30(25)40)17-4-6-19(7-5-17)37-16(3)24-10-11-36-45-24/h4-11,15,18,22,28,37-40,44H,3,12-14H2,1-2H3,(H2,35,43)/t18?,22-,28?,34-/m1/s1. The van der Waals surface area contributed by atoms with E-state index < -0.39 is 57.9 Å². The SMILES string of the molecule is C=C(Nc1ccc(-c2ccc(O)c3c2CC2C[C@]4(O)C(C(=O)C(C(N)=O)=C(O)[C@H]4CC(C)C)C(=O)C2=C3O)cc1)c1ccno1. The number of amides is 1. The first-order chi connectivity index (χ1) is 21.3. The molecule has 6 rings (SSSR count). The molecule has 4 atom stereocenters. The molecule has 1 fully saturated rings. The molecule has 0 aliphatic heterocycles. The van der Waals surface area contributed by atoms with Crippen LogP contribution >= 0.6 is 0 Å². The fourth-order valence-electron chi connectivity index (χ4n) is 7.19. The van der Waals surface area contributed by atoms with Crippen molar-refractivity contribution in [3.05, 3.63) is 89.0 Å². The van der Waals surface area contributed by atoms with E-state index in [2.05, 4.69) is 17.1 Å². The Labute approximate surface area is 258 Å². The van der Waals surface area contributed by atoms with Crippen molar-refractivity contribution >= 4 is 34.6 Å². The molecule has 232 valence electrons. The monoisotopic (exact) mass is 611 g/mol. The molecule has 3 aliphatic carbocycles. The van der Waals surface area contributed by atoms with E-state index in [0.717, 1.165) is 11.3 Å². The predicted molar refractivity (Wildman–Crippen MR) is 164 cm³/mol. The molecule has 2 unspecified atom stereocenters. The van der Waals surface area contributed by atoms with Gasteiger partial charge in [0.1, 0.15) is 28.8 Å². The highest BCUT2D eigenvalue weighted by Crippen LogP contribution is 2.55. The summed E-state index contributed by atoms with van der Waals surface area (Å²) in [7, 11) is 0. The van der Waals surface area contributed by atoms with Crippen LogP contribution in [0.1, 0.15) is 43.6 Å². The summed E-state index contributed by atoms with van der Waals surface area (Å²) in [4.78, 5) is 39.8. The lowest BCUT2D eigenvalue weighted by Crippen LogP contribution is -2.62. The average molecular weight is 612 g/mol. The van der Waals surface area contributed by atoms with Crippen LogP contribution < -0.4 is 11.1 Å². The lowest BCUT2D eigenvalue weighted by atomic mass is 9.54. The number of anilines is 1. The number of nitrogens with zero attached hydrogens (tertiary/aromatic N) is 1. The van der Waals surface area contributed by atoms with E-state index in [9.17, 15) is 34.8 Å². The number of hydrogen-bond donors (Lipinski definition) is 6. The minimum atomic E-state index is -2.02. The third-order valence-electron chi connectivity index (χ3n) is 9.12. The maximum absolute atomic E-state index is 14.1. The van der Waals surface area contributed by atoms with E-state index in [1.54, 1.807) is 12.1 Å². The first kappa shape index (κ1) is 29.9. The van der Waals surface area contributed by atoms with Crippen LogP contribution in [0.15, 0.2) is 76.7 Å². The molecule has 2 aromatic carbocycles. The van der Waals surface area contributed by atoms with Crippen molar-refractivity contribution in [2.75, 3.05) is 5.32 Å². The van der Waals surface area contributed by atoms with Gasteiger partial charge in [-0.15, -0.1) is 0 Å². The van der Waals surface area contributed by atoms with Crippen molar-refractivity contribution in [3.63, 3.8) is 0 Å². The molecule has 1 amide bonds. The molecule has 1 saturated carbocycles. The Bertz CT molecular complexity index is 1820. The zero-order valence-electron chi connectivity index (χ0n) is 24.7. The van der Waals surface area contributed by atoms with Gasteiger partial charge in [-0.25, -0.2) is 0 Å². The number of rotatable bonds is 7. The van der Waals surface area contributed by atoms with E-state index in [1.165, 1.54) is 12.3 Å². The molecule has 3 aliphatic rings.